The van der Waals surface area contributed by atoms with Crippen molar-refractivity contribution in [2.75, 3.05) is 45.9 Å². The highest BCUT2D eigenvalue weighted by atomic mass is 32.1. The number of aryl methyl sites for hydroxylation is 1. The smallest absolute Gasteiger partial charge is 0.121 e. The molecule has 1 atom stereocenters. The second kappa shape index (κ2) is 7.95. The fourth-order valence-corrected chi connectivity index (χ4v) is 3.72. The molecule has 2 aromatic rings. The zero-order chi connectivity index (χ0) is 16.9. The lowest BCUT2D eigenvalue weighted by Gasteiger charge is -2.34. The normalized spacial score (nSPS) is 17.7. The molecule has 5 nitrogen and oxygen atoms in total. The van der Waals surface area contributed by atoms with E-state index in [-0.39, 0.29) is 0 Å². The van der Waals surface area contributed by atoms with Gasteiger partial charge in [0.2, 0.25) is 0 Å². The van der Waals surface area contributed by atoms with Crippen LogP contribution in [0.2, 0.25) is 0 Å². The fourth-order valence-electron chi connectivity index (χ4n) is 2.91. The minimum absolute atomic E-state index is 0.291. The van der Waals surface area contributed by atoms with Gasteiger partial charge >= 0.3 is 0 Å². The molecule has 0 spiro atoms. The summed E-state index contributed by atoms with van der Waals surface area (Å²) in [6.45, 7) is 7.40. The number of β-amino-alcohol motifs (C(OH)–C–C–N with tert-alkyl or cyclic N) is 1. The third kappa shape index (κ3) is 4.46. The molecule has 1 fully saturated rings. The SMILES string of the molecule is C#CCN1CCN(CC(O)COc2ccc3sc(C)nc3c2)CC1. The van der Waals surface area contributed by atoms with Gasteiger partial charge in [-0.05, 0) is 19.1 Å². The Bertz CT molecular complexity index is 717. The summed E-state index contributed by atoms with van der Waals surface area (Å²) in [5, 5.41) is 11.3. The van der Waals surface area contributed by atoms with Gasteiger partial charge in [-0.25, -0.2) is 4.98 Å². The van der Waals surface area contributed by atoms with Gasteiger partial charge in [-0.2, -0.15) is 0 Å². The van der Waals surface area contributed by atoms with Crippen molar-refractivity contribution in [2.24, 2.45) is 0 Å². The van der Waals surface area contributed by atoms with Crippen LogP contribution in [0.25, 0.3) is 10.2 Å². The van der Waals surface area contributed by atoms with E-state index in [1.165, 1.54) is 0 Å². The quantitative estimate of drug-likeness (QED) is 0.806. The monoisotopic (exact) mass is 345 g/mol. The molecular weight excluding hydrogens is 322 g/mol. The van der Waals surface area contributed by atoms with Crippen LogP contribution in [0.5, 0.6) is 5.75 Å². The van der Waals surface area contributed by atoms with Gasteiger partial charge in [0.25, 0.3) is 0 Å². The summed E-state index contributed by atoms with van der Waals surface area (Å²) in [6, 6.07) is 5.89. The van der Waals surface area contributed by atoms with Crippen molar-refractivity contribution in [1.29, 1.82) is 0 Å². The van der Waals surface area contributed by atoms with Gasteiger partial charge in [0.15, 0.2) is 0 Å². The number of rotatable bonds is 6. The van der Waals surface area contributed by atoms with Crippen LogP contribution in [0.4, 0.5) is 0 Å². The van der Waals surface area contributed by atoms with E-state index in [4.69, 9.17) is 11.2 Å². The highest BCUT2D eigenvalue weighted by molar-refractivity contribution is 7.18. The molecule has 1 aliphatic heterocycles. The summed E-state index contributed by atoms with van der Waals surface area (Å²) in [5.74, 6) is 3.43. The molecule has 0 saturated carbocycles. The maximum absolute atomic E-state index is 10.2. The zero-order valence-electron chi connectivity index (χ0n) is 13.9. The molecular formula is C18H23N3O2S. The summed E-state index contributed by atoms with van der Waals surface area (Å²) in [6.07, 6.45) is 4.84. The molecule has 1 saturated heterocycles. The second-order valence-electron chi connectivity index (χ2n) is 6.11. The average molecular weight is 345 g/mol. The number of nitrogens with zero attached hydrogens (tertiary/aromatic N) is 3. The van der Waals surface area contributed by atoms with Crippen LogP contribution in [0.1, 0.15) is 5.01 Å². The topological polar surface area (TPSA) is 48.8 Å². The number of aromatic nitrogens is 1. The maximum Gasteiger partial charge on any atom is 0.121 e. The van der Waals surface area contributed by atoms with Crippen molar-refractivity contribution < 1.29 is 9.84 Å². The predicted octanol–water partition coefficient (Wildman–Crippen LogP) is 1.60. The number of benzene rings is 1. The number of aliphatic hydroxyl groups is 1. The lowest BCUT2D eigenvalue weighted by Crippen LogP contribution is -2.49. The van der Waals surface area contributed by atoms with E-state index in [9.17, 15) is 5.11 Å². The molecule has 24 heavy (non-hydrogen) atoms. The number of piperazine rings is 1. The van der Waals surface area contributed by atoms with E-state index in [0.29, 0.717) is 19.7 Å². The molecule has 6 heteroatoms. The molecule has 0 bridgehead atoms. The van der Waals surface area contributed by atoms with E-state index in [1.54, 1.807) is 11.3 Å². The molecule has 1 aromatic heterocycles. The highest BCUT2D eigenvalue weighted by Crippen LogP contribution is 2.25. The first kappa shape index (κ1) is 17.2. The number of ether oxygens (including phenoxy) is 1. The van der Waals surface area contributed by atoms with Crippen molar-refractivity contribution >= 4 is 21.6 Å². The standard InChI is InChI=1S/C18H23N3O2S/c1-3-6-20-7-9-21(10-8-20)12-15(22)13-23-16-4-5-18-17(11-16)19-14(2)24-18/h1,4-5,11,15,22H,6-10,12-13H2,2H3. The number of thiazole rings is 1. The molecule has 1 N–H and O–H groups in total. The second-order valence-corrected chi connectivity index (χ2v) is 7.34. The van der Waals surface area contributed by atoms with Crippen LogP contribution < -0.4 is 4.74 Å². The molecule has 1 aliphatic rings. The molecule has 2 heterocycles. The van der Waals surface area contributed by atoms with E-state index >= 15 is 0 Å². The van der Waals surface area contributed by atoms with E-state index in [2.05, 4.69) is 20.7 Å². The van der Waals surface area contributed by atoms with Gasteiger partial charge in [0, 0.05) is 38.8 Å². The molecule has 0 amide bonds. The van der Waals surface area contributed by atoms with Gasteiger partial charge in [0.05, 0.1) is 21.8 Å². The Labute approximate surface area is 146 Å². The summed E-state index contributed by atoms with van der Waals surface area (Å²) >= 11 is 1.67. The minimum Gasteiger partial charge on any atom is -0.491 e. The molecule has 3 rings (SSSR count). The Kier molecular flexibility index (Phi) is 5.69. The van der Waals surface area contributed by atoms with Crippen LogP contribution in [-0.2, 0) is 0 Å². The number of hydrogen-bond donors (Lipinski definition) is 1. The van der Waals surface area contributed by atoms with Crippen molar-refractivity contribution in [3.05, 3.63) is 23.2 Å². The summed E-state index contributed by atoms with van der Waals surface area (Å²) in [5.41, 5.74) is 0.953. The Morgan fingerprint density at radius 1 is 1.33 bits per heavy atom. The molecule has 128 valence electrons. The van der Waals surface area contributed by atoms with Crippen LogP contribution in [0.3, 0.4) is 0 Å². The van der Waals surface area contributed by atoms with E-state index < -0.39 is 6.10 Å². The van der Waals surface area contributed by atoms with Crippen LogP contribution >= 0.6 is 11.3 Å². The maximum atomic E-state index is 10.2. The number of fused-ring (bicyclic) bond motifs is 1. The Morgan fingerprint density at radius 2 is 2.08 bits per heavy atom. The third-order valence-electron chi connectivity index (χ3n) is 4.16. The lowest BCUT2D eigenvalue weighted by atomic mass is 10.2. The number of aliphatic hydroxyl groups excluding tert-OH is 1. The van der Waals surface area contributed by atoms with Crippen LogP contribution in [0, 0.1) is 19.3 Å². The molecule has 0 aliphatic carbocycles. The van der Waals surface area contributed by atoms with Crippen LogP contribution in [-0.4, -0.2) is 71.9 Å². The summed E-state index contributed by atoms with van der Waals surface area (Å²) in [7, 11) is 0. The first-order valence-corrected chi connectivity index (χ1v) is 9.02. The Morgan fingerprint density at radius 3 is 2.83 bits per heavy atom. The van der Waals surface area contributed by atoms with E-state index in [1.807, 2.05) is 25.1 Å². The summed E-state index contributed by atoms with van der Waals surface area (Å²) < 4.78 is 6.90. The first-order chi connectivity index (χ1) is 11.6. The summed E-state index contributed by atoms with van der Waals surface area (Å²) in [4.78, 5) is 8.98. The average Bonchev–Trinajstić information content (AvgIpc) is 2.94. The van der Waals surface area contributed by atoms with Crippen LogP contribution in [0.15, 0.2) is 18.2 Å². The molecule has 1 aromatic carbocycles. The number of hydrogen-bond acceptors (Lipinski definition) is 6. The fraction of sp³-hybridized carbons (Fsp3) is 0.500. The Hall–Kier alpha value is -1.65. The van der Waals surface area contributed by atoms with Gasteiger partial charge in [-0.1, -0.05) is 5.92 Å². The number of terminal acetylenes is 1. The van der Waals surface area contributed by atoms with Crippen molar-refractivity contribution in [1.82, 2.24) is 14.8 Å². The van der Waals surface area contributed by atoms with Gasteiger partial charge in [-0.3, -0.25) is 9.80 Å². The Balaban J connectivity index is 1.45. The van der Waals surface area contributed by atoms with Gasteiger partial charge in [-0.15, -0.1) is 17.8 Å². The lowest BCUT2D eigenvalue weighted by molar-refractivity contribution is 0.0485. The third-order valence-corrected chi connectivity index (χ3v) is 5.11. The van der Waals surface area contributed by atoms with Crippen molar-refractivity contribution in [3.63, 3.8) is 0 Å². The highest BCUT2D eigenvalue weighted by Gasteiger charge is 2.19. The minimum atomic E-state index is -0.503. The molecule has 1 unspecified atom stereocenters. The molecule has 0 radical (unpaired) electrons. The van der Waals surface area contributed by atoms with Crippen molar-refractivity contribution in [2.45, 2.75) is 13.0 Å². The largest absolute Gasteiger partial charge is 0.491 e. The van der Waals surface area contributed by atoms with Crippen molar-refractivity contribution in [3.8, 4) is 18.1 Å². The van der Waals surface area contributed by atoms with E-state index in [0.717, 1.165) is 47.2 Å². The van der Waals surface area contributed by atoms with Gasteiger partial charge in [0.1, 0.15) is 18.5 Å². The first-order valence-electron chi connectivity index (χ1n) is 8.20. The van der Waals surface area contributed by atoms with Gasteiger partial charge < -0.3 is 9.84 Å². The predicted molar refractivity (Wildman–Crippen MR) is 97.6 cm³/mol. The zero-order valence-corrected chi connectivity index (χ0v) is 14.8.